The molecule has 5 rings (SSSR count). The molecule has 33 heavy (non-hydrogen) atoms. The highest BCUT2D eigenvalue weighted by Crippen LogP contribution is 2.65. The highest BCUT2D eigenvalue weighted by molar-refractivity contribution is 5.92. The molecule has 3 saturated carbocycles. The van der Waals surface area contributed by atoms with Crippen LogP contribution < -0.4 is 5.73 Å². The van der Waals surface area contributed by atoms with Crippen LogP contribution >= 0.6 is 0 Å². The quantitative estimate of drug-likeness (QED) is 0.651. The molecule has 6 heteroatoms. The molecule has 0 aromatic heterocycles. The molecule has 4 aliphatic carbocycles. The summed E-state index contributed by atoms with van der Waals surface area (Å²) in [5, 5.41) is 0. The number of esters is 1. The third-order valence-electron chi connectivity index (χ3n) is 9.73. The summed E-state index contributed by atoms with van der Waals surface area (Å²) in [4.78, 5) is 38.0. The van der Waals surface area contributed by atoms with E-state index >= 15 is 0 Å². The number of allylic oxidation sites excluding steroid dienone is 2. The fourth-order valence-electron chi connectivity index (χ4n) is 7.92. The second-order valence-corrected chi connectivity index (χ2v) is 11.3. The van der Waals surface area contributed by atoms with Crippen LogP contribution in [0.5, 0.6) is 0 Å². The molecule has 0 saturated heterocycles. The normalized spacial score (nSPS) is 39.7. The van der Waals surface area contributed by atoms with Crippen molar-refractivity contribution in [2.75, 3.05) is 6.54 Å². The highest BCUT2D eigenvalue weighted by atomic mass is 16.5. The van der Waals surface area contributed by atoms with Crippen molar-refractivity contribution in [2.45, 2.75) is 77.7 Å². The largest absolute Gasteiger partial charge is 0.460 e. The highest BCUT2D eigenvalue weighted by Gasteiger charge is 2.60. The van der Waals surface area contributed by atoms with E-state index in [1.165, 1.54) is 5.57 Å². The second kappa shape index (κ2) is 8.14. The first kappa shape index (κ1) is 22.4. The fourth-order valence-corrected chi connectivity index (χ4v) is 7.92. The second-order valence-electron chi connectivity index (χ2n) is 11.3. The molecule has 0 radical (unpaired) electrons. The maximum atomic E-state index is 12.8. The van der Waals surface area contributed by atoms with Crippen LogP contribution in [0, 0.1) is 28.6 Å². The summed E-state index contributed by atoms with van der Waals surface area (Å²) in [5.74, 6) is 1.45. The van der Waals surface area contributed by atoms with Crippen molar-refractivity contribution in [2.24, 2.45) is 34.3 Å². The predicted molar refractivity (Wildman–Crippen MR) is 124 cm³/mol. The molecule has 6 atom stereocenters. The maximum Gasteiger partial charge on any atom is 0.326 e. The summed E-state index contributed by atoms with van der Waals surface area (Å²) in [6.07, 6.45) is 15.8. The van der Waals surface area contributed by atoms with E-state index in [4.69, 9.17) is 10.5 Å². The number of primary amides is 1. The van der Waals surface area contributed by atoms with E-state index in [-0.39, 0.29) is 29.4 Å². The van der Waals surface area contributed by atoms with Crippen molar-refractivity contribution in [1.29, 1.82) is 0 Å². The molecule has 1 amide bonds. The molecule has 0 spiro atoms. The zero-order valence-corrected chi connectivity index (χ0v) is 19.8. The number of carbonyl (C=O) groups is 3. The summed E-state index contributed by atoms with van der Waals surface area (Å²) in [7, 11) is 0. The lowest BCUT2D eigenvalue weighted by atomic mass is 9.47. The minimum Gasteiger partial charge on any atom is -0.460 e. The van der Waals surface area contributed by atoms with Crippen LogP contribution in [-0.2, 0) is 19.1 Å². The molecule has 0 aromatic rings. The Balaban J connectivity index is 1.27. The van der Waals surface area contributed by atoms with Gasteiger partial charge < -0.3 is 15.4 Å². The lowest BCUT2D eigenvalue weighted by Crippen LogP contribution is -2.51. The van der Waals surface area contributed by atoms with Gasteiger partial charge in [0.1, 0.15) is 12.6 Å². The summed E-state index contributed by atoms with van der Waals surface area (Å²) in [6, 6.07) is 0. The standard InChI is InChI=1S/C27H36N2O4/c1-26-11-9-19(30)14-18(26)5-6-20-21-7-8-23(27(21,2)12-10-22(20)26)33-24(31)16-29-13-3-4-17(15-29)25(28)32/h3,13-15,20-23H,4-12,16H2,1-2H3,(H2,28,32)/t20?,21?,22?,23-,26?,27?/m0/s1. The summed E-state index contributed by atoms with van der Waals surface area (Å²) >= 11 is 0. The van der Waals surface area contributed by atoms with Gasteiger partial charge in [0.15, 0.2) is 5.78 Å². The number of ketones is 1. The summed E-state index contributed by atoms with van der Waals surface area (Å²) in [6.45, 7) is 4.83. The molecule has 1 heterocycles. The Morgan fingerprint density at radius 1 is 1.12 bits per heavy atom. The summed E-state index contributed by atoms with van der Waals surface area (Å²) < 4.78 is 6.09. The Morgan fingerprint density at radius 2 is 1.94 bits per heavy atom. The van der Waals surface area contributed by atoms with Gasteiger partial charge in [0.25, 0.3) is 0 Å². The predicted octanol–water partition coefficient (Wildman–Crippen LogP) is 4.02. The van der Waals surface area contributed by atoms with E-state index in [0.29, 0.717) is 42.0 Å². The molecule has 6 nitrogen and oxygen atoms in total. The zero-order chi connectivity index (χ0) is 23.4. The first-order valence-electron chi connectivity index (χ1n) is 12.6. The van der Waals surface area contributed by atoms with Crippen LogP contribution in [0.2, 0.25) is 0 Å². The van der Waals surface area contributed by atoms with Crippen LogP contribution in [0.4, 0.5) is 0 Å². The zero-order valence-electron chi connectivity index (χ0n) is 19.8. The third-order valence-corrected chi connectivity index (χ3v) is 9.73. The van der Waals surface area contributed by atoms with Gasteiger partial charge >= 0.3 is 5.97 Å². The Kier molecular flexibility index (Phi) is 5.53. The van der Waals surface area contributed by atoms with Gasteiger partial charge in [-0.25, -0.2) is 0 Å². The monoisotopic (exact) mass is 452 g/mol. The van der Waals surface area contributed by atoms with Crippen molar-refractivity contribution < 1.29 is 19.1 Å². The number of nitrogens with zero attached hydrogens (tertiary/aromatic N) is 1. The van der Waals surface area contributed by atoms with Gasteiger partial charge in [-0.2, -0.15) is 0 Å². The van der Waals surface area contributed by atoms with Crippen molar-refractivity contribution >= 4 is 17.7 Å². The van der Waals surface area contributed by atoms with Gasteiger partial charge in [0.2, 0.25) is 5.91 Å². The van der Waals surface area contributed by atoms with Gasteiger partial charge in [-0.15, -0.1) is 0 Å². The lowest BCUT2D eigenvalue weighted by molar-refractivity contribution is -0.160. The van der Waals surface area contributed by atoms with Gasteiger partial charge in [-0.3, -0.25) is 14.4 Å². The first-order chi connectivity index (χ1) is 15.7. The van der Waals surface area contributed by atoms with Crippen LogP contribution in [0.3, 0.4) is 0 Å². The van der Waals surface area contributed by atoms with Crippen molar-refractivity contribution in [1.82, 2.24) is 4.90 Å². The number of amides is 1. The van der Waals surface area contributed by atoms with Gasteiger partial charge in [-0.1, -0.05) is 25.5 Å². The number of ether oxygens (including phenoxy) is 1. The van der Waals surface area contributed by atoms with Crippen LogP contribution in [0.15, 0.2) is 35.7 Å². The molecule has 0 bridgehead atoms. The van der Waals surface area contributed by atoms with Gasteiger partial charge in [-0.05, 0) is 80.6 Å². The molecular formula is C27H36N2O4. The van der Waals surface area contributed by atoms with E-state index < -0.39 is 5.91 Å². The molecule has 5 unspecified atom stereocenters. The number of rotatable bonds is 4. The van der Waals surface area contributed by atoms with E-state index in [2.05, 4.69) is 13.8 Å². The van der Waals surface area contributed by atoms with Crippen LogP contribution in [0.25, 0.3) is 0 Å². The van der Waals surface area contributed by atoms with E-state index in [9.17, 15) is 14.4 Å². The number of nitrogens with two attached hydrogens (primary N) is 1. The average Bonchev–Trinajstić information content (AvgIpc) is 3.10. The first-order valence-corrected chi connectivity index (χ1v) is 12.6. The average molecular weight is 453 g/mol. The number of hydrogen-bond acceptors (Lipinski definition) is 5. The number of hydrogen-bond donors (Lipinski definition) is 1. The smallest absolute Gasteiger partial charge is 0.326 e. The lowest BCUT2D eigenvalue weighted by Gasteiger charge is -2.57. The minimum atomic E-state index is -0.456. The van der Waals surface area contributed by atoms with Crippen molar-refractivity contribution in [3.8, 4) is 0 Å². The minimum absolute atomic E-state index is 0.0187. The molecule has 2 N–H and O–H groups in total. The topological polar surface area (TPSA) is 89.7 Å². The molecule has 0 aromatic carbocycles. The Morgan fingerprint density at radius 3 is 2.73 bits per heavy atom. The fraction of sp³-hybridized carbons (Fsp3) is 0.667. The van der Waals surface area contributed by atoms with Gasteiger partial charge in [0.05, 0.1) is 0 Å². The number of carbonyl (C=O) groups excluding carboxylic acids is 3. The van der Waals surface area contributed by atoms with Gasteiger partial charge in [0, 0.05) is 29.8 Å². The van der Waals surface area contributed by atoms with Crippen molar-refractivity contribution in [3.63, 3.8) is 0 Å². The van der Waals surface area contributed by atoms with Crippen molar-refractivity contribution in [3.05, 3.63) is 35.7 Å². The Labute approximate surface area is 196 Å². The maximum absolute atomic E-state index is 12.8. The molecule has 1 aliphatic heterocycles. The SMILES string of the molecule is CC12CCC(=O)C=C1CCC1C2CCC2(C)C1CC[C@@H]2OC(=O)CN1C=CCC(C(N)=O)=C1. The van der Waals surface area contributed by atoms with E-state index in [0.717, 1.165) is 44.9 Å². The third kappa shape index (κ3) is 3.75. The molecule has 178 valence electrons. The molecule has 3 fully saturated rings. The van der Waals surface area contributed by atoms with E-state index in [1.807, 2.05) is 12.2 Å². The van der Waals surface area contributed by atoms with E-state index in [1.54, 1.807) is 17.3 Å². The van der Waals surface area contributed by atoms with Crippen LogP contribution in [-0.4, -0.2) is 35.2 Å². The van der Waals surface area contributed by atoms with Crippen LogP contribution in [0.1, 0.15) is 71.6 Å². The summed E-state index contributed by atoms with van der Waals surface area (Å²) in [5.41, 5.74) is 7.46. The molecular weight excluding hydrogens is 416 g/mol. The number of fused-ring (bicyclic) bond motifs is 5. The Hall–Kier alpha value is -2.37. The molecule has 5 aliphatic rings. The Bertz CT molecular complexity index is 965.